The van der Waals surface area contributed by atoms with Crippen molar-refractivity contribution >= 4 is 44.7 Å². The molecular weight excluding hydrogens is 525 g/mol. The minimum Gasteiger partial charge on any atom is -0.507 e. The summed E-state index contributed by atoms with van der Waals surface area (Å²) < 4.78 is 0.977. The highest BCUT2D eigenvalue weighted by Gasteiger charge is 2.24. The van der Waals surface area contributed by atoms with E-state index in [4.69, 9.17) is 12.2 Å². The molecule has 10 heteroatoms. The number of hydrogen-bond donors (Lipinski definition) is 1. The average molecular weight is 563 g/mol. The van der Waals surface area contributed by atoms with Crippen molar-refractivity contribution in [1.82, 2.24) is 19.6 Å². The van der Waals surface area contributed by atoms with Crippen LogP contribution in [0.5, 0.6) is 5.75 Å². The van der Waals surface area contributed by atoms with Gasteiger partial charge in [0.15, 0.2) is 0 Å². The fourth-order valence-corrected chi connectivity index (χ4v) is 8.11. The van der Waals surface area contributed by atoms with Crippen LogP contribution in [-0.4, -0.2) is 88.9 Å². The predicted octanol–water partition coefficient (Wildman–Crippen LogP) is 4.58. The van der Waals surface area contributed by atoms with Crippen LogP contribution < -0.4 is 0 Å². The van der Waals surface area contributed by atoms with Crippen molar-refractivity contribution in [3.05, 3.63) is 32.6 Å². The van der Waals surface area contributed by atoms with E-state index in [1.807, 2.05) is 9.80 Å². The van der Waals surface area contributed by atoms with Crippen LogP contribution in [0, 0.1) is 3.82 Å². The second kappa shape index (κ2) is 12.8. The van der Waals surface area contributed by atoms with Gasteiger partial charge in [-0.15, -0.1) is 0 Å². The lowest BCUT2D eigenvalue weighted by Gasteiger charge is -2.35. The van der Waals surface area contributed by atoms with Crippen LogP contribution in [0.1, 0.15) is 50.3 Å². The third-order valence-corrected chi connectivity index (χ3v) is 10.6. The zero-order valence-electron chi connectivity index (χ0n) is 22.1. The molecule has 1 N–H and O–H groups in total. The first kappa shape index (κ1) is 28.2. The molecule has 3 heterocycles. The lowest BCUT2D eigenvalue weighted by Crippen LogP contribution is -2.47. The highest BCUT2D eigenvalue weighted by Crippen LogP contribution is 2.39. The number of amides is 2. The smallest absolute Gasteiger partial charge is 0.219 e. The standard InChI is InChI=1S/C27H38N4O3S3/c1-4-5-6-24-26(36-37-27(24)35)21-15-22(17-28-7-11-30(12-8-28)19(2)32)25(34)23(16-21)18-29-9-13-31(14-10-29)20(3)33/h15-16,34H,4-14,17-18H2,1-3H3. The molecule has 1 aromatic carbocycles. The first-order chi connectivity index (χ1) is 17.8. The minimum absolute atomic E-state index is 0.120. The fourth-order valence-electron chi connectivity index (χ4n) is 5.12. The number of phenols is 1. The van der Waals surface area contributed by atoms with E-state index in [1.54, 1.807) is 34.5 Å². The second-order valence-electron chi connectivity index (χ2n) is 10.1. The van der Waals surface area contributed by atoms with E-state index in [0.717, 1.165) is 92.1 Å². The Hall–Kier alpha value is -1.85. The van der Waals surface area contributed by atoms with Gasteiger partial charge in [-0.05, 0) is 36.1 Å². The van der Waals surface area contributed by atoms with Gasteiger partial charge in [-0.1, -0.05) is 46.2 Å². The van der Waals surface area contributed by atoms with Crippen molar-refractivity contribution in [3.63, 3.8) is 0 Å². The number of aromatic hydroxyl groups is 1. The molecule has 37 heavy (non-hydrogen) atoms. The molecule has 2 saturated heterocycles. The van der Waals surface area contributed by atoms with E-state index >= 15 is 0 Å². The maximum absolute atomic E-state index is 11.8. The van der Waals surface area contributed by atoms with Crippen LogP contribution in [-0.2, 0) is 29.1 Å². The molecule has 2 amide bonds. The summed E-state index contributed by atoms with van der Waals surface area (Å²) in [7, 11) is 3.41. The van der Waals surface area contributed by atoms with Gasteiger partial charge in [-0.2, -0.15) is 0 Å². The predicted molar refractivity (Wildman–Crippen MR) is 154 cm³/mol. The molecule has 0 atom stereocenters. The first-order valence-electron chi connectivity index (χ1n) is 13.2. The highest BCUT2D eigenvalue weighted by atomic mass is 32.9. The largest absolute Gasteiger partial charge is 0.507 e. The van der Waals surface area contributed by atoms with E-state index < -0.39 is 0 Å². The maximum atomic E-state index is 11.8. The molecule has 0 bridgehead atoms. The van der Waals surface area contributed by atoms with Gasteiger partial charge >= 0.3 is 0 Å². The van der Waals surface area contributed by atoms with Crippen molar-refractivity contribution in [2.75, 3.05) is 52.4 Å². The van der Waals surface area contributed by atoms with Crippen LogP contribution in [0.25, 0.3) is 10.4 Å². The molecule has 0 spiro atoms. The Bertz CT molecular complexity index is 1100. The normalized spacial score (nSPS) is 17.4. The van der Waals surface area contributed by atoms with Crippen molar-refractivity contribution in [2.45, 2.75) is 53.1 Å². The third-order valence-electron chi connectivity index (χ3n) is 7.45. The lowest BCUT2D eigenvalue weighted by molar-refractivity contribution is -0.131. The van der Waals surface area contributed by atoms with Crippen molar-refractivity contribution in [3.8, 4) is 16.2 Å². The SMILES string of the molecule is CCCCc1c(-c2cc(CN3CCN(C(C)=O)CC3)c(O)c(CN3CCN(C(C)=O)CC3)c2)ssc1=S. The molecule has 2 aromatic rings. The zero-order valence-corrected chi connectivity index (χ0v) is 24.6. The molecule has 0 aliphatic carbocycles. The van der Waals surface area contributed by atoms with Crippen molar-refractivity contribution in [2.24, 2.45) is 0 Å². The summed E-state index contributed by atoms with van der Waals surface area (Å²) in [5.41, 5.74) is 4.25. The van der Waals surface area contributed by atoms with Gasteiger partial charge in [0, 0.05) is 90.4 Å². The molecule has 7 nitrogen and oxygen atoms in total. The van der Waals surface area contributed by atoms with E-state index in [-0.39, 0.29) is 11.8 Å². The molecule has 2 aliphatic rings. The third kappa shape index (κ3) is 6.97. The summed E-state index contributed by atoms with van der Waals surface area (Å²) in [5, 5.41) is 11.4. The molecule has 202 valence electrons. The molecular formula is C27H38N4O3S3. The van der Waals surface area contributed by atoms with Crippen LogP contribution in [0.3, 0.4) is 0 Å². The van der Waals surface area contributed by atoms with Gasteiger partial charge in [0.2, 0.25) is 11.8 Å². The maximum Gasteiger partial charge on any atom is 0.219 e. The number of benzene rings is 1. The fraction of sp³-hybridized carbons (Fsp3) is 0.593. The summed E-state index contributed by atoms with van der Waals surface area (Å²) in [4.78, 5) is 33.2. The van der Waals surface area contributed by atoms with E-state index in [1.165, 1.54) is 10.4 Å². The summed E-state index contributed by atoms with van der Waals surface area (Å²) in [6.45, 7) is 12.8. The van der Waals surface area contributed by atoms with E-state index in [9.17, 15) is 14.7 Å². The van der Waals surface area contributed by atoms with Gasteiger partial charge in [-0.3, -0.25) is 19.4 Å². The Morgan fingerprint density at radius 2 is 1.35 bits per heavy atom. The Morgan fingerprint density at radius 3 is 1.78 bits per heavy atom. The van der Waals surface area contributed by atoms with Gasteiger partial charge in [0.1, 0.15) is 9.57 Å². The van der Waals surface area contributed by atoms with E-state index in [2.05, 4.69) is 28.9 Å². The first-order valence-corrected chi connectivity index (χ1v) is 15.8. The number of piperazine rings is 2. The zero-order chi connectivity index (χ0) is 26.5. The Kier molecular flexibility index (Phi) is 9.74. The van der Waals surface area contributed by atoms with Crippen LogP contribution in [0.4, 0.5) is 0 Å². The molecule has 0 radical (unpaired) electrons. The van der Waals surface area contributed by atoms with Gasteiger partial charge in [-0.25, -0.2) is 0 Å². The Balaban J connectivity index is 1.62. The topological polar surface area (TPSA) is 67.3 Å². The molecule has 0 unspecified atom stereocenters. The number of carbonyl (C=O) groups excluding carboxylic acids is 2. The molecule has 0 saturated carbocycles. The molecule has 1 aromatic heterocycles. The number of hydrogen-bond acceptors (Lipinski definition) is 8. The number of carbonyl (C=O) groups is 2. The van der Waals surface area contributed by atoms with Gasteiger partial charge in [0.25, 0.3) is 0 Å². The Morgan fingerprint density at radius 1 is 0.865 bits per heavy atom. The number of phenolic OH excluding ortho intramolecular Hbond substituents is 1. The summed E-state index contributed by atoms with van der Waals surface area (Å²) in [6, 6.07) is 4.29. The summed E-state index contributed by atoms with van der Waals surface area (Å²) in [6.07, 6.45) is 3.22. The highest BCUT2D eigenvalue weighted by molar-refractivity contribution is 7.80. The average Bonchev–Trinajstić information content (AvgIpc) is 3.25. The van der Waals surface area contributed by atoms with Crippen molar-refractivity contribution < 1.29 is 14.7 Å². The molecule has 2 fully saturated rings. The minimum atomic E-state index is 0.120. The number of nitrogens with zero attached hydrogens (tertiary/aromatic N) is 4. The number of unbranched alkanes of at least 4 members (excludes halogenated alkanes) is 1. The summed E-state index contributed by atoms with van der Waals surface area (Å²) >= 11 is 5.70. The quantitative estimate of drug-likeness (QED) is 0.375. The molecule has 2 aliphatic heterocycles. The van der Waals surface area contributed by atoms with Crippen LogP contribution >= 0.6 is 32.9 Å². The van der Waals surface area contributed by atoms with Gasteiger partial charge in [0.05, 0.1) is 4.88 Å². The molecule has 4 rings (SSSR count). The van der Waals surface area contributed by atoms with Crippen LogP contribution in [0.15, 0.2) is 12.1 Å². The van der Waals surface area contributed by atoms with Crippen LogP contribution in [0.2, 0.25) is 0 Å². The number of rotatable bonds is 8. The lowest BCUT2D eigenvalue weighted by atomic mass is 9.98. The van der Waals surface area contributed by atoms with E-state index in [0.29, 0.717) is 18.8 Å². The van der Waals surface area contributed by atoms with Gasteiger partial charge < -0.3 is 14.9 Å². The Labute approximate surface area is 232 Å². The monoisotopic (exact) mass is 562 g/mol. The second-order valence-corrected chi connectivity index (χ2v) is 12.9. The van der Waals surface area contributed by atoms with Crippen molar-refractivity contribution in [1.29, 1.82) is 0 Å². The summed E-state index contributed by atoms with van der Waals surface area (Å²) in [5.74, 6) is 0.602.